The predicted octanol–water partition coefficient (Wildman–Crippen LogP) is 2.78. The number of carbonyl (C=O) groups is 3. The van der Waals surface area contributed by atoms with E-state index in [0.717, 1.165) is 18.2 Å². The van der Waals surface area contributed by atoms with E-state index in [9.17, 15) is 27.6 Å². The number of nitrogens with one attached hydrogen (secondary N) is 3. The Kier molecular flexibility index (Phi) is 4.85. The molecule has 2 aromatic carbocycles. The van der Waals surface area contributed by atoms with E-state index in [1.54, 1.807) is 18.2 Å². The molecule has 1 unspecified atom stereocenters. The van der Waals surface area contributed by atoms with Crippen LogP contribution in [0.25, 0.3) is 0 Å². The summed E-state index contributed by atoms with van der Waals surface area (Å²) in [5.74, 6) is -1.82. The minimum Gasteiger partial charge on any atom is -0.340 e. The maximum atomic E-state index is 12.7. The Morgan fingerprint density at radius 3 is 2.56 bits per heavy atom. The number of anilines is 2. The van der Waals surface area contributed by atoms with Crippen molar-refractivity contribution in [2.75, 3.05) is 10.6 Å². The Bertz CT molecular complexity index is 912. The highest BCUT2D eigenvalue weighted by Crippen LogP contribution is 2.30. The van der Waals surface area contributed by atoms with E-state index >= 15 is 0 Å². The zero-order chi connectivity index (χ0) is 19.6. The van der Waals surface area contributed by atoms with Gasteiger partial charge in [0.05, 0.1) is 23.2 Å². The summed E-state index contributed by atoms with van der Waals surface area (Å²) in [7, 11) is 0. The molecule has 0 aliphatic carbocycles. The van der Waals surface area contributed by atoms with Crippen LogP contribution in [0.3, 0.4) is 0 Å². The number of para-hydroxylation sites is 1. The van der Waals surface area contributed by atoms with Crippen LogP contribution in [-0.2, 0) is 15.8 Å². The van der Waals surface area contributed by atoms with Crippen molar-refractivity contribution in [1.82, 2.24) is 5.32 Å². The number of hydrogen-bond donors (Lipinski definition) is 3. The van der Waals surface area contributed by atoms with Gasteiger partial charge in [0.15, 0.2) is 0 Å². The molecule has 0 radical (unpaired) electrons. The molecule has 0 spiro atoms. The number of alkyl halides is 3. The second-order valence-corrected chi connectivity index (χ2v) is 5.89. The quantitative estimate of drug-likeness (QED) is 0.769. The number of amides is 3. The Morgan fingerprint density at radius 1 is 1.07 bits per heavy atom. The zero-order valence-corrected chi connectivity index (χ0v) is 13.8. The van der Waals surface area contributed by atoms with Gasteiger partial charge in [0.2, 0.25) is 11.8 Å². The van der Waals surface area contributed by atoms with Gasteiger partial charge < -0.3 is 16.0 Å². The van der Waals surface area contributed by atoms with Crippen LogP contribution >= 0.6 is 0 Å². The monoisotopic (exact) mass is 377 g/mol. The Balaban J connectivity index is 1.70. The molecule has 1 aliphatic rings. The average Bonchev–Trinajstić information content (AvgIpc) is 2.71. The molecule has 0 fully saturated rings. The predicted molar refractivity (Wildman–Crippen MR) is 91.0 cm³/mol. The highest BCUT2D eigenvalue weighted by molar-refractivity contribution is 6.11. The SMILES string of the molecule is O=C(CC1NC(=O)c2ccccc2NC1=O)Nc1cccc(C(F)(F)F)c1. The third-order valence-electron chi connectivity index (χ3n) is 3.91. The molecule has 0 saturated carbocycles. The molecule has 140 valence electrons. The molecule has 9 heteroatoms. The van der Waals surface area contributed by atoms with Gasteiger partial charge in [-0.05, 0) is 30.3 Å². The van der Waals surface area contributed by atoms with Crippen molar-refractivity contribution in [3.8, 4) is 0 Å². The minimum atomic E-state index is -4.54. The first-order valence-electron chi connectivity index (χ1n) is 7.92. The zero-order valence-electron chi connectivity index (χ0n) is 13.8. The summed E-state index contributed by atoms with van der Waals surface area (Å²) in [5, 5.41) is 7.30. The van der Waals surface area contributed by atoms with Crippen molar-refractivity contribution in [3.63, 3.8) is 0 Å². The van der Waals surface area contributed by atoms with Crippen molar-refractivity contribution in [1.29, 1.82) is 0 Å². The highest BCUT2D eigenvalue weighted by atomic mass is 19.4. The van der Waals surface area contributed by atoms with E-state index in [4.69, 9.17) is 0 Å². The molecule has 27 heavy (non-hydrogen) atoms. The second-order valence-electron chi connectivity index (χ2n) is 5.89. The molecule has 1 aliphatic heterocycles. The summed E-state index contributed by atoms with van der Waals surface area (Å²) in [4.78, 5) is 36.6. The molecule has 1 atom stereocenters. The third-order valence-corrected chi connectivity index (χ3v) is 3.91. The standard InChI is InChI=1S/C18H14F3N3O3/c19-18(20,21)10-4-3-5-11(8-10)22-15(25)9-14-17(27)23-13-7-2-1-6-12(13)16(26)24-14/h1-8,14H,9H2,(H,22,25)(H,23,27)(H,24,26). The maximum Gasteiger partial charge on any atom is 0.416 e. The van der Waals surface area contributed by atoms with Gasteiger partial charge in [0.1, 0.15) is 6.04 Å². The summed E-state index contributed by atoms with van der Waals surface area (Å²) in [6.07, 6.45) is -4.97. The van der Waals surface area contributed by atoms with Crippen molar-refractivity contribution < 1.29 is 27.6 Å². The molecule has 1 heterocycles. The number of halogens is 3. The normalized spacial score (nSPS) is 16.6. The maximum absolute atomic E-state index is 12.7. The lowest BCUT2D eigenvalue weighted by atomic mass is 10.1. The number of rotatable bonds is 3. The van der Waals surface area contributed by atoms with E-state index in [1.807, 2.05) is 0 Å². The lowest BCUT2D eigenvalue weighted by Gasteiger charge is -2.15. The van der Waals surface area contributed by atoms with Crippen LogP contribution in [0.15, 0.2) is 48.5 Å². The summed E-state index contributed by atoms with van der Waals surface area (Å²) in [5.41, 5.74) is -0.387. The highest BCUT2D eigenvalue weighted by Gasteiger charge is 2.31. The third kappa shape index (κ3) is 4.25. The first-order chi connectivity index (χ1) is 12.7. The molecule has 0 saturated heterocycles. The second kappa shape index (κ2) is 7.10. The average molecular weight is 377 g/mol. The topological polar surface area (TPSA) is 87.3 Å². The van der Waals surface area contributed by atoms with Crippen molar-refractivity contribution in [3.05, 3.63) is 59.7 Å². The molecule has 3 rings (SSSR count). The summed E-state index contributed by atoms with van der Waals surface area (Å²) >= 11 is 0. The van der Waals surface area contributed by atoms with Crippen LogP contribution in [0.5, 0.6) is 0 Å². The van der Waals surface area contributed by atoms with Gasteiger partial charge in [-0.1, -0.05) is 18.2 Å². The fourth-order valence-electron chi connectivity index (χ4n) is 2.63. The van der Waals surface area contributed by atoms with Gasteiger partial charge in [-0.25, -0.2) is 0 Å². The van der Waals surface area contributed by atoms with Crippen LogP contribution in [-0.4, -0.2) is 23.8 Å². The van der Waals surface area contributed by atoms with Crippen LogP contribution in [0.4, 0.5) is 24.5 Å². The molecule has 3 N–H and O–H groups in total. The van der Waals surface area contributed by atoms with Crippen LogP contribution in [0, 0.1) is 0 Å². The Morgan fingerprint density at radius 2 is 1.81 bits per heavy atom. The summed E-state index contributed by atoms with van der Waals surface area (Å²) in [6.45, 7) is 0. The van der Waals surface area contributed by atoms with E-state index in [1.165, 1.54) is 12.1 Å². The smallest absolute Gasteiger partial charge is 0.340 e. The Labute approximate surface area is 151 Å². The van der Waals surface area contributed by atoms with Crippen molar-refractivity contribution in [2.45, 2.75) is 18.6 Å². The fraction of sp³-hybridized carbons (Fsp3) is 0.167. The lowest BCUT2D eigenvalue weighted by Crippen LogP contribution is -2.43. The number of benzene rings is 2. The van der Waals surface area contributed by atoms with Crippen LogP contribution < -0.4 is 16.0 Å². The largest absolute Gasteiger partial charge is 0.416 e. The number of hydrogen-bond acceptors (Lipinski definition) is 3. The fourth-order valence-corrected chi connectivity index (χ4v) is 2.63. The van der Waals surface area contributed by atoms with E-state index in [0.29, 0.717) is 5.69 Å². The lowest BCUT2D eigenvalue weighted by molar-refractivity contribution is -0.137. The van der Waals surface area contributed by atoms with Gasteiger partial charge in [0, 0.05) is 5.69 Å². The first-order valence-corrected chi connectivity index (χ1v) is 7.92. The minimum absolute atomic E-state index is 0.0570. The van der Waals surface area contributed by atoms with E-state index in [2.05, 4.69) is 16.0 Å². The first kappa shape index (κ1) is 18.4. The molecule has 0 aromatic heterocycles. The molecule has 0 bridgehead atoms. The molecule has 2 aromatic rings. The van der Waals surface area contributed by atoms with Crippen molar-refractivity contribution in [2.24, 2.45) is 0 Å². The molecular formula is C18H14F3N3O3. The van der Waals surface area contributed by atoms with Gasteiger partial charge in [-0.3, -0.25) is 14.4 Å². The molecule has 3 amide bonds. The van der Waals surface area contributed by atoms with Crippen molar-refractivity contribution >= 4 is 29.1 Å². The van der Waals surface area contributed by atoms with Gasteiger partial charge in [-0.15, -0.1) is 0 Å². The molecule has 6 nitrogen and oxygen atoms in total. The molecular weight excluding hydrogens is 363 g/mol. The number of carbonyl (C=O) groups excluding carboxylic acids is 3. The van der Waals surface area contributed by atoms with E-state index in [-0.39, 0.29) is 11.3 Å². The number of fused-ring (bicyclic) bond motifs is 1. The Hall–Kier alpha value is -3.36. The van der Waals surface area contributed by atoms with E-state index < -0.39 is 41.9 Å². The summed E-state index contributed by atoms with van der Waals surface area (Å²) in [6, 6.07) is 9.33. The van der Waals surface area contributed by atoms with Gasteiger partial charge in [0.25, 0.3) is 5.91 Å². The van der Waals surface area contributed by atoms with Crippen LogP contribution in [0.1, 0.15) is 22.3 Å². The summed E-state index contributed by atoms with van der Waals surface area (Å²) < 4.78 is 38.2. The van der Waals surface area contributed by atoms with Gasteiger partial charge >= 0.3 is 6.18 Å². The van der Waals surface area contributed by atoms with Gasteiger partial charge in [-0.2, -0.15) is 13.2 Å². The van der Waals surface area contributed by atoms with Crippen LogP contribution in [0.2, 0.25) is 0 Å².